The Labute approximate surface area is 89.5 Å². The first-order valence-corrected chi connectivity index (χ1v) is 5.98. The van der Waals surface area contributed by atoms with E-state index in [2.05, 4.69) is 0 Å². The monoisotopic (exact) mass is 260 g/mol. The van der Waals surface area contributed by atoms with Crippen molar-refractivity contribution >= 4 is 37.3 Å². The highest BCUT2D eigenvalue weighted by Gasteiger charge is 2.17. The van der Waals surface area contributed by atoms with Gasteiger partial charge in [-0.1, -0.05) is 11.6 Å². The molecule has 1 N–H and O–H groups in total. The van der Waals surface area contributed by atoms with Crippen molar-refractivity contribution < 1.29 is 18.3 Å². The van der Waals surface area contributed by atoms with Crippen LogP contribution >= 0.6 is 22.3 Å². The average molecular weight is 261 g/mol. The van der Waals surface area contributed by atoms with E-state index >= 15 is 0 Å². The number of carbonyl (C=O) groups is 1. The standard InChI is InChI=1S/C7H4Cl2O4S/c8-5-2-1-4(7(10)11)3-6(5)14(9,12)13/h1-3H,(H,10,11)/i1+1,2+1,3+1,4+1,5+1,6+1. The fraction of sp³-hybridized carbons (Fsp3) is 0. The average Bonchev–Trinajstić information content (AvgIpc) is 2.02. The summed E-state index contributed by atoms with van der Waals surface area (Å²) in [7, 11) is 1.02. The Morgan fingerprint density at radius 3 is 2.36 bits per heavy atom. The van der Waals surface area contributed by atoms with E-state index in [-0.39, 0.29) is 10.6 Å². The topological polar surface area (TPSA) is 71.4 Å². The van der Waals surface area contributed by atoms with Gasteiger partial charge in [-0.25, -0.2) is 13.2 Å². The molecule has 0 aromatic heterocycles. The second-order valence-electron chi connectivity index (χ2n) is 2.39. The Morgan fingerprint density at radius 1 is 1.36 bits per heavy atom. The first-order chi connectivity index (χ1) is 6.32. The molecule has 0 radical (unpaired) electrons. The van der Waals surface area contributed by atoms with Crippen LogP contribution in [0.4, 0.5) is 0 Å². The molecule has 14 heavy (non-hydrogen) atoms. The third-order valence-corrected chi connectivity index (χ3v) is 3.24. The summed E-state index contributed by atoms with van der Waals surface area (Å²) < 4.78 is 21.8. The van der Waals surface area contributed by atoms with Crippen LogP contribution in [-0.4, -0.2) is 19.5 Å². The second kappa shape index (κ2) is 3.76. The fourth-order valence-corrected chi connectivity index (χ4v) is 2.32. The summed E-state index contributed by atoms with van der Waals surface area (Å²) in [6.07, 6.45) is 0. The van der Waals surface area contributed by atoms with Gasteiger partial charge in [0.15, 0.2) is 0 Å². The molecule has 0 heterocycles. The van der Waals surface area contributed by atoms with E-state index in [4.69, 9.17) is 27.4 Å². The predicted octanol–water partition coefficient (Wildman–Crippen LogP) is 1.97. The zero-order valence-corrected chi connectivity index (χ0v) is 8.90. The van der Waals surface area contributed by atoms with Gasteiger partial charge in [-0.15, -0.1) is 0 Å². The van der Waals surface area contributed by atoms with Crippen LogP contribution in [0.5, 0.6) is 0 Å². The molecule has 0 saturated heterocycles. The lowest BCUT2D eigenvalue weighted by atomic mass is 10.9. The lowest BCUT2D eigenvalue weighted by Gasteiger charge is -2.00. The molecule has 1 rings (SSSR count). The first kappa shape index (κ1) is 11.3. The van der Waals surface area contributed by atoms with Crippen molar-refractivity contribution in [1.29, 1.82) is 0 Å². The first-order valence-electron chi connectivity index (χ1n) is 3.30. The van der Waals surface area contributed by atoms with Crippen molar-refractivity contribution in [2.45, 2.75) is 4.90 Å². The molecule has 0 atom stereocenters. The number of hydrogen-bond donors (Lipinski definition) is 1. The molecule has 76 valence electrons. The van der Waals surface area contributed by atoms with Crippen molar-refractivity contribution in [3.63, 3.8) is 0 Å². The van der Waals surface area contributed by atoms with Gasteiger partial charge >= 0.3 is 5.97 Å². The lowest BCUT2D eigenvalue weighted by Crippen LogP contribution is -1.99. The summed E-state index contributed by atoms with van der Waals surface area (Å²) in [5.74, 6) is -1.25. The van der Waals surface area contributed by atoms with Gasteiger partial charge in [0, 0.05) is 10.7 Å². The predicted molar refractivity (Wildman–Crippen MR) is 51.5 cm³/mol. The number of aromatic carboxylic acids is 1. The van der Waals surface area contributed by atoms with Gasteiger partial charge in [0.1, 0.15) is 4.90 Å². The van der Waals surface area contributed by atoms with Crippen LogP contribution in [-0.2, 0) is 9.05 Å². The number of rotatable bonds is 2. The van der Waals surface area contributed by atoms with Crippen LogP contribution in [0.15, 0.2) is 23.1 Å². The maximum absolute atomic E-state index is 10.9. The summed E-state index contributed by atoms with van der Waals surface area (Å²) in [6, 6.07) is 3.27. The zero-order chi connectivity index (χ0) is 10.9. The number of benzene rings is 1. The van der Waals surface area contributed by atoms with Gasteiger partial charge in [-0.05, 0) is 18.2 Å². The SMILES string of the molecule is O=C(O)[13c]1[13cH][13cH][13c](Cl)[13c](S(=O)(=O)Cl)[13cH]1. The molecule has 1 aromatic rings. The Kier molecular flexibility index (Phi) is 3.04. The second-order valence-corrected chi connectivity index (χ2v) is 5.33. The van der Waals surface area contributed by atoms with E-state index in [9.17, 15) is 13.2 Å². The van der Waals surface area contributed by atoms with E-state index in [1.165, 1.54) is 12.1 Å². The van der Waals surface area contributed by atoms with E-state index in [1.54, 1.807) is 0 Å². The number of carboxylic acid groups (broad SMARTS) is 1. The molecule has 4 nitrogen and oxygen atoms in total. The van der Waals surface area contributed by atoms with Gasteiger partial charge in [-0.3, -0.25) is 0 Å². The summed E-state index contributed by atoms with van der Waals surface area (Å²) >= 11 is 5.53. The van der Waals surface area contributed by atoms with E-state index in [1.807, 2.05) is 0 Å². The van der Waals surface area contributed by atoms with Gasteiger partial charge < -0.3 is 5.11 Å². The van der Waals surface area contributed by atoms with Crippen molar-refractivity contribution in [3.05, 3.63) is 28.8 Å². The molecule has 0 aliphatic heterocycles. The van der Waals surface area contributed by atoms with Crippen LogP contribution in [0.2, 0.25) is 5.02 Å². The highest BCUT2D eigenvalue weighted by Crippen LogP contribution is 2.25. The fourth-order valence-electron chi connectivity index (χ4n) is 0.823. The van der Waals surface area contributed by atoms with Crippen molar-refractivity contribution in [1.82, 2.24) is 0 Å². The van der Waals surface area contributed by atoms with E-state index in [0.717, 1.165) is 6.07 Å². The highest BCUT2D eigenvalue weighted by atomic mass is 35.7. The summed E-state index contributed by atoms with van der Waals surface area (Å²) in [5, 5.41) is 8.48. The van der Waals surface area contributed by atoms with Gasteiger partial charge in [-0.2, -0.15) is 0 Å². The Hall–Kier alpha value is -0.780. The third kappa shape index (κ3) is 2.37. The Morgan fingerprint density at radius 2 is 1.93 bits per heavy atom. The van der Waals surface area contributed by atoms with Gasteiger partial charge in [0.05, 0.1) is 10.6 Å². The number of hydrogen-bond acceptors (Lipinski definition) is 3. The molecule has 0 saturated carbocycles. The Balaban J connectivity index is 3.44. The van der Waals surface area contributed by atoms with Crippen LogP contribution in [0.25, 0.3) is 0 Å². The highest BCUT2D eigenvalue weighted by molar-refractivity contribution is 8.13. The summed E-state index contributed by atoms with van der Waals surface area (Å²) in [4.78, 5) is 10.1. The largest absolute Gasteiger partial charge is 0.478 e. The zero-order valence-electron chi connectivity index (χ0n) is 6.57. The van der Waals surface area contributed by atoms with Crippen molar-refractivity contribution in [2.75, 3.05) is 0 Å². The molecule has 0 amide bonds. The maximum Gasteiger partial charge on any atom is 0.335 e. The quantitative estimate of drug-likeness (QED) is 0.826. The molecule has 0 aliphatic rings. The molecule has 0 aliphatic carbocycles. The molecule has 0 spiro atoms. The van der Waals surface area contributed by atoms with Crippen LogP contribution < -0.4 is 0 Å². The third-order valence-electron chi connectivity index (χ3n) is 1.44. The number of halogens is 2. The summed E-state index contributed by atoms with van der Waals surface area (Å²) in [5.41, 5.74) is -0.186. The molecule has 0 fully saturated rings. The van der Waals surface area contributed by atoms with E-state index in [0.29, 0.717) is 0 Å². The minimum absolute atomic E-state index is 0.106. The van der Waals surface area contributed by atoms with Crippen LogP contribution in [0, 0.1) is 0 Å². The number of carboxylic acids is 1. The molecule has 0 unspecified atom stereocenters. The van der Waals surface area contributed by atoms with E-state index < -0.39 is 19.9 Å². The van der Waals surface area contributed by atoms with Crippen molar-refractivity contribution in [2.24, 2.45) is 0 Å². The normalized spacial score (nSPS) is 11.3. The molecule has 0 bridgehead atoms. The van der Waals surface area contributed by atoms with Crippen molar-refractivity contribution in [3.8, 4) is 0 Å². The van der Waals surface area contributed by atoms with Crippen LogP contribution in [0.1, 0.15) is 10.4 Å². The summed E-state index contributed by atoms with van der Waals surface area (Å²) in [6.45, 7) is 0. The smallest absolute Gasteiger partial charge is 0.335 e. The molecule has 7 heteroatoms. The van der Waals surface area contributed by atoms with Gasteiger partial charge in [0.25, 0.3) is 9.05 Å². The molecular formula is C7H4Cl2O4S. The minimum atomic E-state index is -4.01. The molecular weight excluding hydrogens is 257 g/mol. The van der Waals surface area contributed by atoms with Crippen LogP contribution in [0.3, 0.4) is 0 Å². The lowest BCUT2D eigenvalue weighted by molar-refractivity contribution is 0.0696. The molecule has 1 aromatic carbocycles. The Bertz CT molecular complexity index is 480. The maximum atomic E-state index is 10.9. The minimum Gasteiger partial charge on any atom is -0.478 e. The van der Waals surface area contributed by atoms with Gasteiger partial charge in [0.2, 0.25) is 0 Å².